The van der Waals surface area contributed by atoms with Crippen molar-refractivity contribution < 1.29 is 14.7 Å². The third kappa shape index (κ3) is 5.19. The molecule has 1 aromatic rings. The van der Waals surface area contributed by atoms with Crippen molar-refractivity contribution in [3.63, 3.8) is 0 Å². The fourth-order valence-electron chi connectivity index (χ4n) is 2.11. The van der Waals surface area contributed by atoms with Gasteiger partial charge >= 0.3 is 0 Å². The Labute approximate surface area is 126 Å². The molecular formula is C16H24N2O3. The van der Waals surface area contributed by atoms with Crippen molar-refractivity contribution in [1.82, 2.24) is 10.2 Å². The van der Waals surface area contributed by atoms with Gasteiger partial charge in [-0.05, 0) is 25.0 Å². The molecule has 0 bridgehead atoms. The summed E-state index contributed by atoms with van der Waals surface area (Å²) in [5.41, 5.74) is 0.473. The quantitative estimate of drug-likeness (QED) is 0.761. The van der Waals surface area contributed by atoms with E-state index in [9.17, 15) is 14.7 Å². The highest BCUT2D eigenvalue weighted by Crippen LogP contribution is 2.03. The Kier molecular flexibility index (Phi) is 7.46. The number of aliphatic hydroxyl groups is 1. The van der Waals surface area contributed by atoms with Crippen molar-refractivity contribution in [3.05, 3.63) is 35.9 Å². The monoisotopic (exact) mass is 292 g/mol. The smallest absolute Gasteiger partial charge is 0.251 e. The standard InChI is InChI=1S/C16H24N2O3/c1-3-10-18(11-4-2)16(21)14(12-19)17-15(20)13-8-6-5-7-9-13/h5-9,14,19H,3-4,10-12H2,1-2H3,(H,17,20)/t14-/m0/s1. The maximum Gasteiger partial charge on any atom is 0.251 e. The number of hydrogen-bond donors (Lipinski definition) is 2. The Hall–Kier alpha value is -1.88. The van der Waals surface area contributed by atoms with E-state index >= 15 is 0 Å². The Bertz CT molecular complexity index is 442. The molecular weight excluding hydrogens is 268 g/mol. The first-order valence-corrected chi connectivity index (χ1v) is 7.39. The van der Waals surface area contributed by atoms with Gasteiger partial charge in [0, 0.05) is 18.7 Å². The van der Waals surface area contributed by atoms with Crippen LogP contribution in [0.3, 0.4) is 0 Å². The summed E-state index contributed by atoms with van der Waals surface area (Å²) in [4.78, 5) is 26.1. The minimum Gasteiger partial charge on any atom is -0.394 e. The van der Waals surface area contributed by atoms with Crippen LogP contribution in [0.25, 0.3) is 0 Å². The maximum absolute atomic E-state index is 12.4. The highest BCUT2D eigenvalue weighted by molar-refractivity contribution is 5.97. The fourth-order valence-corrected chi connectivity index (χ4v) is 2.11. The van der Waals surface area contributed by atoms with E-state index in [2.05, 4.69) is 5.32 Å². The maximum atomic E-state index is 12.4. The van der Waals surface area contributed by atoms with E-state index in [1.54, 1.807) is 29.2 Å². The summed E-state index contributed by atoms with van der Waals surface area (Å²) in [6.07, 6.45) is 1.69. The summed E-state index contributed by atoms with van der Waals surface area (Å²) in [5, 5.41) is 12.0. The van der Waals surface area contributed by atoms with Crippen molar-refractivity contribution in [2.75, 3.05) is 19.7 Å². The number of nitrogens with one attached hydrogen (secondary N) is 1. The minimum absolute atomic E-state index is 0.231. The number of hydrogen-bond acceptors (Lipinski definition) is 3. The van der Waals surface area contributed by atoms with Gasteiger partial charge in [-0.25, -0.2) is 0 Å². The third-order valence-corrected chi connectivity index (χ3v) is 3.12. The van der Waals surface area contributed by atoms with Crippen LogP contribution in [-0.4, -0.2) is 47.6 Å². The molecule has 5 nitrogen and oxygen atoms in total. The predicted molar refractivity (Wildman–Crippen MR) is 81.9 cm³/mol. The molecule has 0 aliphatic rings. The molecule has 0 fully saturated rings. The molecule has 0 radical (unpaired) electrons. The predicted octanol–water partition coefficient (Wildman–Crippen LogP) is 1.43. The van der Waals surface area contributed by atoms with Crippen molar-refractivity contribution in [3.8, 4) is 0 Å². The van der Waals surface area contributed by atoms with Crippen LogP contribution in [0.15, 0.2) is 30.3 Å². The van der Waals surface area contributed by atoms with Crippen LogP contribution in [0.2, 0.25) is 0 Å². The summed E-state index contributed by atoms with van der Waals surface area (Å²) >= 11 is 0. The van der Waals surface area contributed by atoms with Crippen LogP contribution in [0.4, 0.5) is 0 Å². The van der Waals surface area contributed by atoms with Gasteiger partial charge in [0.2, 0.25) is 5.91 Å². The van der Waals surface area contributed by atoms with E-state index in [4.69, 9.17) is 0 Å². The van der Waals surface area contributed by atoms with Crippen molar-refractivity contribution in [2.45, 2.75) is 32.7 Å². The average Bonchev–Trinajstić information content (AvgIpc) is 2.52. The lowest BCUT2D eigenvalue weighted by atomic mass is 10.2. The molecule has 2 amide bonds. The summed E-state index contributed by atoms with van der Waals surface area (Å²) in [6.45, 7) is 4.84. The van der Waals surface area contributed by atoms with Crippen LogP contribution in [0.5, 0.6) is 0 Å². The number of carbonyl (C=O) groups is 2. The fraction of sp³-hybridized carbons (Fsp3) is 0.500. The Morgan fingerprint density at radius 3 is 2.19 bits per heavy atom. The van der Waals surface area contributed by atoms with Gasteiger partial charge in [-0.2, -0.15) is 0 Å². The Morgan fingerprint density at radius 1 is 1.14 bits per heavy atom. The van der Waals surface area contributed by atoms with Crippen LogP contribution >= 0.6 is 0 Å². The summed E-state index contributed by atoms with van der Waals surface area (Å²) in [7, 11) is 0. The normalized spacial score (nSPS) is 11.8. The zero-order valence-corrected chi connectivity index (χ0v) is 12.7. The summed E-state index contributed by atoms with van der Waals surface area (Å²) in [6, 6.07) is 7.77. The van der Waals surface area contributed by atoms with Gasteiger partial charge in [-0.3, -0.25) is 9.59 Å². The number of carbonyl (C=O) groups excluding carboxylic acids is 2. The van der Waals surface area contributed by atoms with Gasteiger partial charge in [-0.15, -0.1) is 0 Å². The summed E-state index contributed by atoms with van der Waals surface area (Å²) in [5.74, 6) is -0.582. The van der Waals surface area contributed by atoms with E-state index < -0.39 is 12.6 Å². The van der Waals surface area contributed by atoms with Gasteiger partial charge in [0.1, 0.15) is 6.04 Å². The molecule has 116 valence electrons. The zero-order chi connectivity index (χ0) is 15.7. The van der Waals surface area contributed by atoms with E-state index in [0.29, 0.717) is 18.7 Å². The molecule has 0 unspecified atom stereocenters. The molecule has 5 heteroatoms. The molecule has 1 rings (SSSR count). The molecule has 0 saturated heterocycles. The van der Waals surface area contributed by atoms with Gasteiger partial charge in [0.25, 0.3) is 5.91 Å². The Balaban J connectivity index is 2.72. The first-order valence-electron chi connectivity index (χ1n) is 7.39. The number of amides is 2. The molecule has 1 aromatic carbocycles. The minimum atomic E-state index is -0.893. The van der Waals surface area contributed by atoms with Crippen molar-refractivity contribution in [2.24, 2.45) is 0 Å². The lowest BCUT2D eigenvalue weighted by molar-refractivity contribution is -0.134. The van der Waals surface area contributed by atoms with E-state index in [0.717, 1.165) is 12.8 Å². The third-order valence-electron chi connectivity index (χ3n) is 3.12. The lowest BCUT2D eigenvalue weighted by Gasteiger charge is -2.26. The van der Waals surface area contributed by atoms with E-state index in [-0.39, 0.29) is 11.8 Å². The average molecular weight is 292 g/mol. The second kappa shape index (κ2) is 9.13. The highest BCUT2D eigenvalue weighted by Gasteiger charge is 2.24. The SMILES string of the molecule is CCCN(CCC)C(=O)[C@H](CO)NC(=O)c1ccccc1. The van der Waals surface area contributed by atoms with Crippen molar-refractivity contribution >= 4 is 11.8 Å². The number of benzene rings is 1. The summed E-state index contributed by atoms with van der Waals surface area (Å²) < 4.78 is 0. The second-order valence-electron chi connectivity index (χ2n) is 4.90. The molecule has 0 aliphatic heterocycles. The van der Waals surface area contributed by atoms with Crippen LogP contribution < -0.4 is 5.32 Å². The molecule has 21 heavy (non-hydrogen) atoms. The van der Waals surface area contributed by atoms with Gasteiger partial charge < -0.3 is 15.3 Å². The molecule has 0 saturated carbocycles. The number of rotatable bonds is 8. The largest absolute Gasteiger partial charge is 0.394 e. The van der Waals surface area contributed by atoms with E-state index in [1.807, 2.05) is 19.9 Å². The molecule has 1 atom stereocenters. The van der Waals surface area contributed by atoms with Crippen molar-refractivity contribution in [1.29, 1.82) is 0 Å². The topological polar surface area (TPSA) is 69.6 Å². The molecule has 0 heterocycles. The second-order valence-corrected chi connectivity index (χ2v) is 4.90. The van der Waals surface area contributed by atoms with Gasteiger partial charge in [-0.1, -0.05) is 32.0 Å². The number of nitrogens with zero attached hydrogens (tertiary/aromatic N) is 1. The van der Waals surface area contributed by atoms with Gasteiger partial charge in [0.15, 0.2) is 0 Å². The first-order chi connectivity index (χ1) is 10.1. The molecule has 0 spiro atoms. The number of aliphatic hydroxyl groups excluding tert-OH is 1. The van der Waals surface area contributed by atoms with E-state index in [1.165, 1.54) is 0 Å². The first kappa shape index (κ1) is 17.2. The van der Waals surface area contributed by atoms with Crippen LogP contribution in [0, 0.1) is 0 Å². The highest BCUT2D eigenvalue weighted by atomic mass is 16.3. The molecule has 0 aliphatic carbocycles. The molecule has 0 aromatic heterocycles. The van der Waals surface area contributed by atoms with Crippen LogP contribution in [0.1, 0.15) is 37.0 Å². The Morgan fingerprint density at radius 2 is 1.71 bits per heavy atom. The lowest BCUT2D eigenvalue weighted by Crippen LogP contribution is -2.51. The van der Waals surface area contributed by atoms with Crippen LogP contribution in [-0.2, 0) is 4.79 Å². The van der Waals surface area contributed by atoms with Gasteiger partial charge in [0.05, 0.1) is 6.61 Å². The zero-order valence-electron chi connectivity index (χ0n) is 12.7. The molecule has 2 N–H and O–H groups in total.